The normalized spacial score (nSPS) is 12.0. The Morgan fingerprint density at radius 2 is 1.28 bits per heavy atom. The molecule has 3 heterocycles. The van der Waals surface area contributed by atoms with E-state index < -0.39 is 0 Å². The lowest BCUT2D eigenvalue weighted by Gasteiger charge is -2.26. The smallest absolute Gasteiger partial charge is 0.143 e. The van der Waals surface area contributed by atoms with Crippen molar-refractivity contribution < 1.29 is 4.42 Å². The van der Waals surface area contributed by atoms with Crippen LogP contribution in [0, 0.1) is 12.3 Å². The first-order valence-corrected chi connectivity index (χ1v) is 19.9. The van der Waals surface area contributed by atoms with Crippen molar-refractivity contribution in [1.82, 2.24) is 4.57 Å². The number of allylic oxidation sites excluding steroid dienone is 4. The van der Waals surface area contributed by atoms with Gasteiger partial charge in [-0.3, -0.25) is 0 Å². The zero-order chi connectivity index (χ0) is 38.3. The molecule has 10 aromatic rings. The molecule has 0 radical (unpaired) electrons. The lowest BCUT2D eigenvalue weighted by molar-refractivity contribution is 0.670. The zero-order valence-electron chi connectivity index (χ0n) is 31.3. The Morgan fingerprint density at radius 1 is 0.614 bits per heavy atom. The highest BCUT2D eigenvalue weighted by Crippen LogP contribution is 2.42. The van der Waals surface area contributed by atoms with E-state index in [1.165, 1.54) is 37.1 Å². The van der Waals surface area contributed by atoms with Crippen molar-refractivity contribution in [3.05, 3.63) is 199 Å². The fourth-order valence-electron chi connectivity index (χ4n) is 8.05. The maximum absolute atomic E-state index is 6.42. The number of benzene rings is 7. The van der Waals surface area contributed by atoms with Gasteiger partial charge < -0.3 is 13.9 Å². The number of nitrogens with zero attached hydrogens (tertiary/aromatic N) is 2. The van der Waals surface area contributed by atoms with Crippen LogP contribution in [0.2, 0.25) is 0 Å². The van der Waals surface area contributed by atoms with Gasteiger partial charge in [0.05, 0.1) is 11.0 Å². The molecule has 0 amide bonds. The van der Waals surface area contributed by atoms with E-state index in [4.69, 9.17) is 10.8 Å². The molecule has 0 fully saturated rings. The SMILES string of the molecule is C#C/C=C\C(=C/C)c1ccc(-c2ccc(N(c3ccc(-c4cccc5c4oc4ccccc45)cc3)c3ccc4c(c3)c3ccccc3n4-c3ccccc3)cc2)s1. The Balaban J connectivity index is 1.09. The third kappa shape index (κ3) is 6.03. The molecule has 3 nitrogen and oxygen atoms in total. The van der Waals surface area contributed by atoms with E-state index in [2.05, 4.69) is 185 Å². The minimum Gasteiger partial charge on any atom is -0.455 e. The second kappa shape index (κ2) is 14.4. The molecule has 7 aromatic carbocycles. The number of furan rings is 1. The maximum Gasteiger partial charge on any atom is 0.143 e. The fourth-order valence-corrected chi connectivity index (χ4v) is 9.12. The first kappa shape index (κ1) is 34.2. The van der Waals surface area contributed by atoms with Crippen molar-refractivity contribution in [3.8, 4) is 39.6 Å². The van der Waals surface area contributed by atoms with Crippen molar-refractivity contribution in [2.24, 2.45) is 0 Å². The first-order valence-electron chi connectivity index (χ1n) is 19.1. The van der Waals surface area contributed by atoms with E-state index in [1.807, 2.05) is 25.1 Å². The molecule has 4 heteroatoms. The van der Waals surface area contributed by atoms with E-state index in [-0.39, 0.29) is 0 Å². The molecule has 0 unspecified atom stereocenters. The van der Waals surface area contributed by atoms with Crippen LogP contribution in [-0.2, 0) is 0 Å². The molecule has 0 bridgehead atoms. The zero-order valence-corrected chi connectivity index (χ0v) is 32.1. The molecule has 270 valence electrons. The first-order chi connectivity index (χ1) is 28.2. The minimum absolute atomic E-state index is 0.900. The van der Waals surface area contributed by atoms with Gasteiger partial charge >= 0.3 is 0 Å². The highest BCUT2D eigenvalue weighted by atomic mass is 32.1. The Hall–Kier alpha value is -7.32. The Morgan fingerprint density at radius 3 is 2.05 bits per heavy atom. The molecular weight excluding hydrogens is 713 g/mol. The molecule has 0 N–H and O–H groups in total. The van der Waals surface area contributed by atoms with Crippen LogP contribution in [0.25, 0.3) is 76.6 Å². The van der Waals surface area contributed by atoms with Gasteiger partial charge in [0.15, 0.2) is 0 Å². The number of aromatic nitrogens is 1. The monoisotopic (exact) mass is 748 g/mol. The third-order valence-electron chi connectivity index (χ3n) is 10.7. The number of hydrogen-bond donors (Lipinski definition) is 0. The molecule has 10 rings (SSSR count). The van der Waals surface area contributed by atoms with Crippen LogP contribution in [0.1, 0.15) is 11.8 Å². The van der Waals surface area contributed by atoms with Gasteiger partial charge in [0.1, 0.15) is 11.2 Å². The summed E-state index contributed by atoms with van der Waals surface area (Å²) in [5.74, 6) is 2.61. The molecule has 57 heavy (non-hydrogen) atoms. The van der Waals surface area contributed by atoms with Crippen LogP contribution in [0.5, 0.6) is 0 Å². The van der Waals surface area contributed by atoms with Gasteiger partial charge in [-0.1, -0.05) is 109 Å². The summed E-state index contributed by atoms with van der Waals surface area (Å²) in [6.07, 6.45) is 11.3. The summed E-state index contributed by atoms with van der Waals surface area (Å²) in [7, 11) is 0. The van der Waals surface area contributed by atoms with Gasteiger partial charge in [-0.25, -0.2) is 0 Å². The van der Waals surface area contributed by atoms with E-state index in [9.17, 15) is 0 Å². The number of fused-ring (bicyclic) bond motifs is 6. The van der Waals surface area contributed by atoms with Crippen molar-refractivity contribution in [2.45, 2.75) is 6.92 Å². The van der Waals surface area contributed by atoms with Crippen molar-refractivity contribution in [2.75, 3.05) is 4.90 Å². The molecule has 0 atom stereocenters. The fraction of sp³-hybridized carbons (Fsp3) is 0.0189. The van der Waals surface area contributed by atoms with Crippen molar-refractivity contribution in [3.63, 3.8) is 0 Å². The average molecular weight is 749 g/mol. The molecule has 0 saturated heterocycles. The Labute approximate surface area is 335 Å². The highest BCUT2D eigenvalue weighted by Gasteiger charge is 2.19. The van der Waals surface area contributed by atoms with Crippen LogP contribution in [-0.4, -0.2) is 4.57 Å². The third-order valence-corrected chi connectivity index (χ3v) is 11.9. The Kier molecular flexibility index (Phi) is 8.63. The number of rotatable bonds is 8. The van der Waals surface area contributed by atoms with Crippen LogP contribution >= 0.6 is 11.3 Å². The topological polar surface area (TPSA) is 21.3 Å². The van der Waals surface area contributed by atoms with Gasteiger partial charge in [0, 0.05) is 59.6 Å². The summed E-state index contributed by atoms with van der Waals surface area (Å²) >= 11 is 1.77. The van der Waals surface area contributed by atoms with Crippen molar-refractivity contribution in [1.29, 1.82) is 0 Å². The number of thiophene rings is 1. The van der Waals surface area contributed by atoms with Gasteiger partial charge in [-0.05, 0) is 115 Å². The van der Waals surface area contributed by atoms with Crippen LogP contribution in [0.15, 0.2) is 199 Å². The standard InChI is InChI=1S/C53H36N2OS/c1-3-5-14-36(4-2)51-33-34-52(57-51)38-25-29-41(30-26-38)54(40-27-23-37(24-28-40)43-19-13-20-46-45-18-10-12-22-50(45)56-53(43)46)42-31-32-49-47(35-42)44-17-9-11-21-48(44)55(49)39-15-7-6-8-16-39/h1,4-35H,2H3/b14-5-,36-4+. The number of anilines is 3. The second-order valence-electron chi connectivity index (χ2n) is 14.0. The highest BCUT2D eigenvalue weighted by molar-refractivity contribution is 7.16. The minimum atomic E-state index is 0.900. The summed E-state index contributed by atoms with van der Waals surface area (Å²) in [4.78, 5) is 4.74. The molecule has 0 saturated carbocycles. The summed E-state index contributed by atoms with van der Waals surface area (Å²) in [6, 6.07) is 62.9. The van der Waals surface area contributed by atoms with Crippen LogP contribution < -0.4 is 4.90 Å². The van der Waals surface area contributed by atoms with Gasteiger partial charge in [0.2, 0.25) is 0 Å². The van der Waals surface area contributed by atoms with E-state index in [1.54, 1.807) is 17.4 Å². The number of hydrogen-bond acceptors (Lipinski definition) is 3. The molecule has 0 aliphatic rings. The summed E-state index contributed by atoms with van der Waals surface area (Å²) < 4.78 is 8.78. The quantitative estimate of drug-likeness (QED) is 0.114. The summed E-state index contributed by atoms with van der Waals surface area (Å²) in [6.45, 7) is 2.04. The molecule has 3 aromatic heterocycles. The predicted octanol–water partition coefficient (Wildman–Crippen LogP) is 15.1. The lowest BCUT2D eigenvalue weighted by atomic mass is 10.0. The molecule has 0 aliphatic heterocycles. The number of para-hydroxylation sites is 4. The second-order valence-corrected chi connectivity index (χ2v) is 15.1. The molecule has 0 spiro atoms. The Bertz CT molecular complexity index is 3190. The molecule has 0 aliphatic carbocycles. The maximum atomic E-state index is 6.42. The summed E-state index contributed by atoms with van der Waals surface area (Å²) in [5, 5.41) is 4.67. The van der Waals surface area contributed by atoms with Crippen LogP contribution in [0.4, 0.5) is 17.1 Å². The van der Waals surface area contributed by atoms with Gasteiger partial charge in [0.25, 0.3) is 0 Å². The van der Waals surface area contributed by atoms with Crippen molar-refractivity contribution >= 4 is 77.7 Å². The predicted molar refractivity (Wildman–Crippen MR) is 243 cm³/mol. The lowest BCUT2D eigenvalue weighted by Crippen LogP contribution is -2.09. The largest absolute Gasteiger partial charge is 0.455 e. The molecular formula is C53H36N2OS. The van der Waals surface area contributed by atoms with E-state index >= 15 is 0 Å². The van der Waals surface area contributed by atoms with Gasteiger partial charge in [-0.2, -0.15) is 0 Å². The van der Waals surface area contributed by atoms with Gasteiger partial charge in [-0.15, -0.1) is 17.8 Å². The average Bonchev–Trinajstić information content (AvgIpc) is 4.00. The van der Waals surface area contributed by atoms with Crippen LogP contribution in [0.3, 0.4) is 0 Å². The van der Waals surface area contributed by atoms with E-state index in [0.29, 0.717) is 0 Å². The van der Waals surface area contributed by atoms with E-state index in [0.717, 1.165) is 61.4 Å². The number of terminal acetylenes is 1. The summed E-state index contributed by atoms with van der Waals surface area (Å²) in [5.41, 5.74) is 13.0.